The lowest BCUT2D eigenvalue weighted by Gasteiger charge is -2.64. The first kappa shape index (κ1) is 33.0. The normalized spacial score (nSPS) is 26.5. The van der Waals surface area contributed by atoms with Gasteiger partial charge in [-0.1, -0.05) is 51.4 Å². The number of halogens is 1. The molecule has 5 rings (SSSR count). The molecule has 6 N–H and O–H groups in total. The van der Waals surface area contributed by atoms with Crippen LogP contribution in [0.25, 0.3) is 0 Å². The number of nitrogens with one attached hydrogen (secondary N) is 5. The number of carbonyl (C=O) groups is 2. The summed E-state index contributed by atoms with van der Waals surface area (Å²) in [5.74, 6) is -0.239. The van der Waals surface area contributed by atoms with Crippen molar-refractivity contribution >= 4 is 36.5 Å². The van der Waals surface area contributed by atoms with Crippen LogP contribution in [0, 0.1) is 33.5 Å². The molecule has 12 nitrogen and oxygen atoms in total. The predicted octanol–water partition coefficient (Wildman–Crippen LogP) is 3.14. The molecule has 1 aliphatic heterocycles. The Morgan fingerprint density at radius 3 is 2.63 bits per heavy atom. The summed E-state index contributed by atoms with van der Waals surface area (Å²) in [7, 11) is -0.596. The summed E-state index contributed by atoms with van der Waals surface area (Å²) in [6, 6.07) is 6.12. The maximum Gasteiger partial charge on any atom is 0.481 e. The van der Waals surface area contributed by atoms with Gasteiger partial charge in [0.05, 0.1) is 24.1 Å². The fraction of sp³-hybridized carbons (Fsp3) is 0.690. The van der Waals surface area contributed by atoms with Crippen LogP contribution in [0.1, 0.15) is 72.3 Å². The van der Waals surface area contributed by atoms with Crippen molar-refractivity contribution in [1.29, 1.82) is 5.41 Å². The lowest BCUT2D eigenvalue weighted by molar-refractivity contribution is -0.822. The molecule has 1 saturated heterocycles. The average Bonchev–Trinajstić information content (AvgIpc) is 3.26. The molecule has 0 spiro atoms. The highest BCUT2D eigenvalue weighted by molar-refractivity contribution is 6.48. The van der Waals surface area contributed by atoms with Gasteiger partial charge in [0.1, 0.15) is 10.9 Å². The zero-order chi connectivity index (χ0) is 31.5. The SMILES string of the molecule is CC(C)C[C@H](NC(=O)[C@H](CCCNC(=N)N[N+](=O)O)NC(=O)Cc1cccc(Cl)c1)B1O[C@@H]2C[C@@H]3C[C@@H](C3(C)C)[C@]2(C)O1. The van der Waals surface area contributed by atoms with Crippen LogP contribution in [-0.4, -0.2) is 65.4 Å². The van der Waals surface area contributed by atoms with E-state index in [1.54, 1.807) is 24.3 Å². The molecule has 236 valence electrons. The Balaban J connectivity index is 1.43. The molecule has 1 aromatic carbocycles. The van der Waals surface area contributed by atoms with Crippen LogP contribution in [0.5, 0.6) is 0 Å². The molecule has 0 radical (unpaired) electrons. The largest absolute Gasteiger partial charge is 0.481 e. The summed E-state index contributed by atoms with van der Waals surface area (Å²) >= 11 is 6.08. The third-order valence-electron chi connectivity index (χ3n) is 9.43. The molecule has 0 unspecified atom stereocenters. The Morgan fingerprint density at radius 2 is 1.98 bits per heavy atom. The van der Waals surface area contributed by atoms with Crippen molar-refractivity contribution in [2.45, 2.75) is 96.8 Å². The number of nitrogens with zero attached hydrogens (tertiary/aromatic N) is 1. The number of hydrogen-bond acceptors (Lipinski definition) is 6. The fourth-order valence-corrected chi connectivity index (χ4v) is 7.31. The first-order chi connectivity index (χ1) is 20.2. The number of amides is 2. The lowest BCUT2D eigenvalue weighted by atomic mass is 9.43. The fourth-order valence-electron chi connectivity index (χ4n) is 7.10. The summed E-state index contributed by atoms with van der Waals surface area (Å²) in [4.78, 5) is 37.5. The molecule has 43 heavy (non-hydrogen) atoms. The second-order valence-electron chi connectivity index (χ2n) is 13.3. The minimum Gasteiger partial charge on any atom is -0.404 e. The van der Waals surface area contributed by atoms with E-state index in [0.717, 1.165) is 18.4 Å². The van der Waals surface area contributed by atoms with Gasteiger partial charge in [0, 0.05) is 11.6 Å². The zero-order valence-corrected chi connectivity index (χ0v) is 26.4. The highest BCUT2D eigenvalue weighted by Gasteiger charge is 2.68. The van der Waals surface area contributed by atoms with Crippen molar-refractivity contribution in [3.63, 3.8) is 0 Å². The summed E-state index contributed by atoms with van der Waals surface area (Å²) in [5.41, 5.74) is 2.35. The Kier molecular flexibility index (Phi) is 10.3. The molecule has 0 aromatic heterocycles. The monoisotopic (exact) mass is 619 g/mol. The molecule has 3 saturated carbocycles. The van der Waals surface area contributed by atoms with E-state index in [4.69, 9.17) is 31.5 Å². The standard InChI is InChI=1S/C29H44BClN6O6/c1-17(2)12-24(30-42-23-16-19-15-22(28(19,3)4)29(23,5)43-30)35-26(39)21(10-7-11-33-27(32)36-37(40)41)34-25(38)14-18-8-6-9-20(31)13-18/h6,8-9,13,17,19,21-24H,7,10-12,14-16H2,1-5H3,(H5-,32,33,34,35,36,38,39,40,41)/p+1/t19-,21-,22-,23+,24-,29-/m0/s1. The van der Waals surface area contributed by atoms with E-state index in [-0.39, 0.29) is 48.6 Å². The van der Waals surface area contributed by atoms with Gasteiger partial charge in [0.15, 0.2) is 0 Å². The van der Waals surface area contributed by atoms with Crippen molar-refractivity contribution in [3.05, 3.63) is 39.8 Å². The molecule has 4 aliphatic rings. The molecule has 2 amide bonds. The van der Waals surface area contributed by atoms with E-state index < -0.39 is 35.7 Å². The van der Waals surface area contributed by atoms with Crippen LogP contribution in [0.15, 0.2) is 24.3 Å². The zero-order valence-electron chi connectivity index (χ0n) is 25.6. The molecular formula is C29H45BClN6O6+. The van der Waals surface area contributed by atoms with E-state index in [9.17, 15) is 14.5 Å². The lowest BCUT2D eigenvalue weighted by Crippen LogP contribution is -2.65. The summed E-state index contributed by atoms with van der Waals surface area (Å²) in [6.45, 7) is 11.1. The van der Waals surface area contributed by atoms with E-state index in [2.05, 4.69) is 50.6 Å². The van der Waals surface area contributed by atoms with Gasteiger partial charge >= 0.3 is 12.2 Å². The van der Waals surface area contributed by atoms with Crippen molar-refractivity contribution in [2.75, 3.05) is 6.54 Å². The molecular weight excluding hydrogens is 575 g/mol. The maximum absolute atomic E-state index is 13.8. The third kappa shape index (κ3) is 7.80. The number of hydrogen-bond donors (Lipinski definition) is 6. The Morgan fingerprint density at radius 1 is 1.23 bits per heavy atom. The first-order valence-corrected chi connectivity index (χ1v) is 15.5. The van der Waals surface area contributed by atoms with Crippen LogP contribution in [0.2, 0.25) is 5.02 Å². The van der Waals surface area contributed by atoms with Gasteiger partial charge in [-0.3, -0.25) is 15.0 Å². The van der Waals surface area contributed by atoms with Crippen LogP contribution < -0.4 is 21.4 Å². The minimum absolute atomic E-state index is 0.0204. The molecule has 6 atom stereocenters. The number of benzene rings is 1. The van der Waals surface area contributed by atoms with Crippen LogP contribution in [-0.2, 0) is 25.3 Å². The predicted molar refractivity (Wildman–Crippen MR) is 162 cm³/mol. The van der Waals surface area contributed by atoms with Crippen molar-refractivity contribution in [2.24, 2.45) is 23.2 Å². The quantitative estimate of drug-likeness (QED) is 0.0644. The van der Waals surface area contributed by atoms with Gasteiger partial charge in [-0.05, 0) is 85.3 Å². The second-order valence-corrected chi connectivity index (χ2v) is 13.8. The number of hydrazine groups is 1. The molecule has 1 aromatic rings. The highest BCUT2D eigenvalue weighted by atomic mass is 35.5. The van der Waals surface area contributed by atoms with Crippen LogP contribution in [0.4, 0.5) is 0 Å². The number of carbonyl (C=O) groups excluding carboxylic acids is 2. The Bertz CT molecular complexity index is 1220. The first-order valence-electron chi connectivity index (χ1n) is 15.1. The minimum atomic E-state index is -0.870. The second kappa shape index (κ2) is 13.4. The van der Waals surface area contributed by atoms with Crippen molar-refractivity contribution in [1.82, 2.24) is 21.4 Å². The van der Waals surface area contributed by atoms with Gasteiger partial charge < -0.3 is 25.3 Å². The highest BCUT2D eigenvalue weighted by Crippen LogP contribution is 2.65. The number of guanidine groups is 1. The van der Waals surface area contributed by atoms with E-state index in [0.29, 0.717) is 29.7 Å². The van der Waals surface area contributed by atoms with E-state index in [1.807, 2.05) is 5.43 Å². The maximum atomic E-state index is 13.8. The Hall–Kier alpha value is -2.90. The van der Waals surface area contributed by atoms with Crippen LogP contribution in [0.3, 0.4) is 0 Å². The topological polar surface area (TPSA) is 165 Å². The van der Waals surface area contributed by atoms with Gasteiger partial charge in [-0.15, -0.1) is 0 Å². The average molecular weight is 620 g/mol. The molecule has 1 heterocycles. The molecule has 4 fully saturated rings. The molecule has 2 bridgehead atoms. The smallest absolute Gasteiger partial charge is 0.404 e. The van der Waals surface area contributed by atoms with Crippen LogP contribution >= 0.6 is 11.6 Å². The third-order valence-corrected chi connectivity index (χ3v) is 9.67. The molecule has 14 heteroatoms. The van der Waals surface area contributed by atoms with Crippen molar-refractivity contribution < 1.29 is 29.1 Å². The van der Waals surface area contributed by atoms with E-state index >= 15 is 0 Å². The Labute approximate surface area is 258 Å². The summed E-state index contributed by atoms with van der Waals surface area (Å²) < 4.78 is 13.2. The summed E-state index contributed by atoms with van der Waals surface area (Å²) in [5, 5.41) is 24.9. The van der Waals surface area contributed by atoms with E-state index in [1.165, 1.54) is 0 Å². The number of rotatable bonds is 13. The van der Waals surface area contributed by atoms with Gasteiger partial charge in [-0.2, -0.15) is 0 Å². The van der Waals surface area contributed by atoms with Gasteiger partial charge in [0.25, 0.3) is 5.96 Å². The molecule has 3 aliphatic carbocycles. The summed E-state index contributed by atoms with van der Waals surface area (Å²) in [6.07, 6.45) is 3.38. The van der Waals surface area contributed by atoms with Crippen molar-refractivity contribution in [3.8, 4) is 0 Å². The van der Waals surface area contributed by atoms with Gasteiger partial charge in [0.2, 0.25) is 11.8 Å². The van der Waals surface area contributed by atoms with Gasteiger partial charge in [-0.25, -0.2) is 5.21 Å².